The first-order valence-corrected chi connectivity index (χ1v) is 13.0. The molecule has 2 aromatic heterocycles. The van der Waals surface area contributed by atoms with Gasteiger partial charge in [-0.15, -0.1) is 0 Å². The second kappa shape index (κ2) is 10.1. The van der Waals surface area contributed by atoms with Gasteiger partial charge in [-0.05, 0) is 68.0 Å². The van der Waals surface area contributed by atoms with E-state index in [1.165, 1.54) is 10.9 Å². The zero-order valence-corrected chi connectivity index (χ0v) is 21.2. The van der Waals surface area contributed by atoms with E-state index in [-0.39, 0.29) is 29.0 Å². The topological polar surface area (TPSA) is 132 Å². The number of carbonyl (C=O) groups is 1. The quantitative estimate of drug-likeness (QED) is 0.300. The molecule has 2 aliphatic rings. The van der Waals surface area contributed by atoms with Crippen molar-refractivity contribution in [1.29, 1.82) is 5.26 Å². The van der Waals surface area contributed by atoms with E-state index < -0.39 is 0 Å². The first-order valence-electron chi connectivity index (χ1n) is 13.0. The van der Waals surface area contributed by atoms with E-state index >= 15 is 0 Å². The summed E-state index contributed by atoms with van der Waals surface area (Å²) in [6.07, 6.45) is 6.53. The van der Waals surface area contributed by atoms with Crippen LogP contribution < -0.4 is 16.2 Å². The van der Waals surface area contributed by atoms with E-state index in [0.29, 0.717) is 60.2 Å². The van der Waals surface area contributed by atoms with Crippen LogP contribution >= 0.6 is 0 Å². The maximum absolute atomic E-state index is 13.9. The number of carbonyl (C=O) groups excluding carboxylic acids is 1. The molecule has 3 heterocycles. The Morgan fingerprint density at radius 3 is 2.51 bits per heavy atom. The lowest BCUT2D eigenvalue weighted by molar-refractivity contribution is -0.128. The Labute approximate surface area is 224 Å². The molecule has 0 bridgehead atoms. The minimum atomic E-state index is -0.324. The van der Waals surface area contributed by atoms with Gasteiger partial charge in [-0.2, -0.15) is 5.26 Å². The summed E-state index contributed by atoms with van der Waals surface area (Å²) in [5.74, 6) is 1.55. The van der Waals surface area contributed by atoms with Crippen molar-refractivity contribution in [1.82, 2.24) is 24.0 Å². The number of nitrogens with two attached hydrogens (primary N) is 1. The van der Waals surface area contributed by atoms with Crippen molar-refractivity contribution >= 4 is 22.9 Å². The summed E-state index contributed by atoms with van der Waals surface area (Å²) in [6.45, 7) is 0.835. The summed E-state index contributed by atoms with van der Waals surface area (Å²) in [6, 6.07) is 18.3. The average molecular weight is 522 g/mol. The lowest BCUT2D eigenvalue weighted by Crippen LogP contribution is -2.43. The van der Waals surface area contributed by atoms with Gasteiger partial charge >= 0.3 is 5.69 Å². The van der Waals surface area contributed by atoms with Crippen LogP contribution in [0, 0.1) is 17.2 Å². The lowest BCUT2D eigenvalue weighted by atomic mass is 10.0. The molecule has 2 fully saturated rings. The van der Waals surface area contributed by atoms with Crippen molar-refractivity contribution in [3.8, 4) is 23.3 Å². The molecule has 1 saturated carbocycles. The molecule has 10 nitrogen and oxygen atoms in total. The Balaban J connectivity index is 1.34. The van der Waals surface area contributed by atoms with Crippen LogP contribution in [-0.4, -0.2) is 43.0 Å². The number of nitrogen functional groups attached to an aromatic ring is 1. The minimum Gasteiger partial charge on any atom is -0.457 e. The molecule has 4 aromatic rings. The largest absolute Gasteiger partial charge is 0.457 e. The van der Waals surface area contributed by atoms with Gasteiger partial charge < -0.3 is 15.4 Å². The monoisotopic (exact) mass is 521 g/mol. The van der Waals surface area contributed by atoms with Crippen LogP contribution in [0.15, 0.2) is 77.4 Å². The van der Waals surface area contributed by atoms with Gasteiger partial charge in [0.15, 0.2) is 11.5 Å². The number of allylic oxidation sites excluding steroid dienone is 1. The van der Waals surface area contributed by atoms with Crippen LogP contribution in [0.5, 0.6) is 11.5 Å². The molecule has 196 valence electrons. The van der Waals surface area contributed by atoms with Gasteiger partial charge in [0.25, 0.3) is 5.91 Å². The summed E-state index contributed by atoms with van der Waals surface area (Å²) in [5.41, 5.74) is 7.54. The average Bonchev–Trinajstić information content (AvgIpc) is 3.73. The van der Waals surface area contributed by atoms with E-state index in [4.69, 9.17) is 10.5 Å². The Morgan fingerprint density at radius 2 is 1.79 bits per heavy atom. The third-order valence-corrected chi connectivity index (χ3v) is 7.18. The Hall–Kier alpha value is -4.91. The highest BCUT2D eigenvalue weighted by molar-refractivity contribution is 5.97. The molecule has 10 heteroatoms. The summed E-state index contributed by atoms with van der Waals surface area (Å²) in [4.78, 5) is 37.3. The molecule has 0 radical (unpaired) electrons. The number of para-hydroxylation sites is 1. The van der Waals surface area contributed by atoms with Gasteiger partial charge in [0.05, 0.1) is 11.7 Å². The summed E-state index contributed by atoms with van der Waals surface area (Å²) < 4.78 is 9.01. The minimum absolute atomic E-state index is 0.178. The van der Waals surface area contributed by atoms with E-state index in [0.717, 1.165) is 12.8 Å². The number of likely N-dealkylation sites (tertiary alicyclic amines) is 1. The molecule has 1 aliphatic heterocycles. The zero-order valence-electron chi connectivity index (χ0n) is 21.2. The second-order valence-corrected chi connectivity index (χ2v) is 9.90. The number of aromatic nitrogens is 4. The number of nitrogens with zero attached hydrogens (tertiary/aromatic N) is 6. The maximum Gasteiger partial charge on any atom is 0.335 e. The van der Waals surface area contributed by atoms with Gasteiger partial charge in [-0.25, -0.2) is 14.8 Å². The third kappa shape index (κ3) is 4.75. The zero-order chi connectivity index (χ0) is 26.9. The van der Waals surface area contributed by atoms with E-state index in [1.807, 2.05) is 30.3 Å². The van der Waals surface area contributed by atoms with Crippen molar-refractivity contribution in [2.24, 2.45) is 5.92 Å². The van der Waals surface area contributed by atoms with Gasteiger partial charge in [0.1, 0.15) is 35.0 Å². The lowest BCUT2D eigenvalue weighted by Gasteiger charge is -2.33. The van der Waals surface area contributed by atoms with Crippen molar-refractivity contribution in [2.75, 3.05) is 18.8 Å². The normalized spacial score (nSPS) is 17.7. The SMILES string of the molecule is N#C/C(=C\C1CC1)C(=O)N1CCC[C@H](n2c(=O)n(-c3ccc(Oc4ccccc4)cc3)c3c(N)ncnc32)C1. The Bertz CT molecular complexity index is 1660. The molecule has 1 amide bonds. The number of imidazole rings is 1. The first-order chi connectivity index (χ1) is 19.0. The standard InChI is InChI=1S/C29H27N7O3/c30-16-20(15-19-8-9-19)28(37)34-14-4-5-22(17-34)36-27-25(26(31)32-18-33-27)35(29(36)38)21-10-12-24(13-11-21)39-23-6-2-1-3-7-23/h1-3,6-7,10-13,15,18-19,22H,4-5,8-9,14,17H2,(H2,31,32,33)/b20-15+/t22-/m0/s1. The molecule has 2 aromatic carbocycles. The van der Waals surface area contributed by atoms with Gasteiger partial charge in [0, 0.05) is 13.1 Å². The smallest absolute Gasteiger partial charge is 0.335 e. The Morgan fingerprint density at radius 1 is 1.05 bits per heavy atom. The van der Waals surface area contributed by atoms with Crippen LogP contribution in [0.3, 0.4) is 0 Å². The van der Waals surface area contributed by atoms with Crippen molar-refractivity contribution in [2.45, 2.75) is 31.7 Å². The molecule has 0 unspecified atom stereocenters. The molecule has 6 rings (SSSR count). The molecule has 0 spiro atoms. The number of benzene rings is 2. The molecule has 1 saturated heterocycles. The van der Waals surface area contributed by atoms with Gasteiger partial charge in [0.2, 0.25) is 0 Å². The van der Waals surface area contributed by atoms with Crippen LogP contribution in [0.1, 0.15) is 31.7 Å². The van der Waals surface area contributed by atoms with Crippen molar-refractivity contribution in [3.63, 3.8) is 0 Å². The van der Waals surface area contributed by atoms with Crippen molar-refractivity contribution < 1.29 is 9.53 Å². The number of piperidine rings is 1. The van der Waals surface area contributed by atoms with Gasteiger partial charge in [-0.1, -0.05) is 24.3 Å². The predicted octanol–water partition coefficient (Wildman–Crippen LogP) is 3.98. The number of hydrogen-bond acceptors (Lipinski definition) is 7. The number of fused-ring (bicyclic) bond motifs is 1. The summed E-state index contributed by atoms with van der Waals surface area (Å²) in [7, 11) is 0. The van der Waals surface area contributed by atoms with Crippen molar-refractivity contribution in [3.05, 3.63) is 83.1 Å². The Kier molecular flexibility index (Phi) is 6.32. The van der Waals surface area contributed by atoms with Gasteiger partial charge in [-0.3, -0.25) is 13.9 Å². The number of ether oxygens (including phenoxy) is 1. The molecule has 1 atom stereocenters. The van der Waals surface area contributed by atoms with E-state index in [9.17, 15) is 14.9 Å². The summed E-state index contributed by atoms with van der Waals surface area (Å²) >= 11 is 0. The molecular formula is C29H27N7O3. The highest BCUT2D eigenvalue weighted by atomic mass is 16.5. The maximum atomic E-state index is 13.9. The number of hydrogen-bond donors (Lipinski definition) is 1. The number of anilines is 1. The molecular weight excluding hydrogens is 494 g/mol. The predicted molar refractivity (Wildman–Crippen MR) is 145 cm³/mol. The number of amides is 1. The second-order valence-electron chi connectivity index (χ2n) is 9.90. The fourth-order valence-corrected chi connectivity index (χ4v) is 5.10. The summed E-state index contributed by atoms with van der Waals surface area (Å²) in [5, 5.41) is 9.57. The van der Waals surface area contributed by atoms with E-state index in [2.05, 4.69) is 16.0 Å². The van der Waals surface area contributed by atoms with Crippen LogP contribution in [0.4, 0.5) is 5.82 Å². The van der Waals surface area contributed by atoms with Crippen LogP contribution in [-0.2, 0) is 4.79 Å². The molecule has 1 aliphatic carbocycles. The first kappa shape index (κ1) is 24.4. The van der Waals surface area contributed by atoms with Crippen LogP contribution in [0.2, 0.25) is 0 Å². The highest BCUT2D eigenvalue weighted by Gasteiger charge is 2.32. The number of nitriles is 1. The molecule has 39 heavy (non-hydrogen) atoms. The van der Waals surface area contributed by atoms with E-state index in [1.54, 1.807) is 39.8 Å². The highest BCUT2D eigenvalue weighted by Crippen LogP contribution is 2.32. The molecule has 2 N–H and O–H groups in total. The van der Waals surface area contributed by atoms with Crippen LogP contribution in [0.25, 0.3) is 16.9 Å². The number of rotatable bonds is 6. The third-order valence-electron chi connectivity index (χ3n) is 7.18. The fourth-order valence-electron chi connectivity index (χ4n) is 5.10. The fraction of sp³-hybridized carbons (Fsp3) is 0.276.